The van der Waals surface area contributed by atoms with Gasteiger partial charge in [0.05, 0.1) is 0 Å². The first kappa shape index (κ1) is 15.6. The number of carboxylic acid groups (broad SMARTS) is 1. The van der Waals surface area contributed by atoms with E-state index in [9.17, 15) is 18.3 Å². The Morgan fingerprint density at radius 1 is 1.53 bits per heavy atom. The van der Waals surface area contributed by atoms with Crippen molar-refractivity contribution in [1.29, 1.82) is 0 Å². The molecule has 0 amide bonds. The summed E-state index contributed by atoms with van der Waals surface area (Å²) in [7, 11) is -2.25. The van der Waals surface area contributed by atoms with Crippen molar-refractivity contribution in [2.24, 2.45) is 7.05 Å². The Morgan fingerprint density at radius 3 is 2.37 bits per heavy atom. The number of rotatable bonds is 5. The number of aliphatic carboxylic acids is 1. The lowest BCUT2D eigenvalue weighted by Gasteiger charge is -2.32. The lowest BCUT2D eigenvalue weighted by Crippen LogP contribution is -2.52. The van der Waals surface area contributed by atoms with E-state index in [1.807, 2.05) is 0 Å². The summed E-state index contributed by atoms with van der Waals surface area (Å²) in [5, 5.41) is 9.05. The van der Waals surface area contributed by atoms with Crippen LogP contribution in [0.2, 0.25) is 0 Å². The quantitative estimate of drug-likeness (QED) is 0.857. The number of aryl methyl sites for hydroxylation is 2. The second-order valence-corrected chi connectivity index (χ2v) is 6.58. The van der Waals surface area contributed by atoms with Gasteiger partial charge >= 0.3 is 5.97 Å². The topological polar surface area (TPSA) is 92.5 Å². The zero-order valence-electron chi connectivity index (χ0n) is 11.7. The standard InChI is InChI=1S/C11H19N3O4S/c1-6-14(11(3,4)10(15)16)19(17,18)9-7-13(5)8(2)12-9/h7H,6H2,1-5H3,(H,15,16). The third kappa shape index (κ3) is 2.64. The normalized spacial score (nSPS) is 12.9. The van der Waals surface area contributed by atoms with Crippen molar-refractivity contribution in [3.05, 3.63) is 12.0 Å². The number of sulfonamides is 1. The van der Waals surface area contributed by atoms with Crippen LogP contribution in [0.4, 0.5) is 0 Å². The van der Waals surface area contributed by atoms with E-state index < -0.39 is 21.5 Å². The van der Waals surface area contributed by atoms with Gasteiger partial charge in [-0.25, -0.2) is 13.4 Å². The molecule has 0 unspecified atom stereocenters. The largest absolute Gasteiger partial charge is 0.480 e. The summed E-state index contributed by atoms with van der Waals surface area (Å²) in [5.41, 5.74) is -1.53. The van der Waals surface area contributed by atoms with Gasteiger partial charge in [-0.15, -0.1) is 0 Å². The number of likely N-dealkylation sites (N-methyl/N-ethyl adjacent to an activating group) is 1. The Bertz CT molecular complexity index is 570. The molecule has 0 bridgehead atoms. The van der Waals surface area contributed by atoms with Crippen LogP contribution in [0.25, 0.3) is 0 Å². The number of nitrogens with zero attached hydrogens (tertiary/aromatic N) is 3. The molecule has 0 saturated heterocycles. The van der Waals surface area contributed by atoms with Crippen LogP contribution in [0.1, 0.15) is 26.6 Å². The van der Waals surface area contributed by atoms with Crippen molar-refractivity contribution in [3.63, 3.8) is 0 Å². The number of carboxylic acids is 1. The molecule has 1 heterocycles. The number of carbonyl (C=O) groups is 1. The van der Waals surface area contributed by atoms with Crippen LogP contribution in [0.15, 0.2) is 11.2 Å². The third-order valence-corrected chi connectivity index (χ3v) is 5.10. The molecule has 1 N–H and O–H groups in total. The van der Waals surface area contributed by atoms with Gasteiger partial charge < -0.3 is 9.67 Å². The van der Waals surface area contributed by atoms with E-state index in [0.717, 1.165) is 4.31 Å². The van der Waals surface area contributed by atoms with Gasteiger partial charge in [-0.1, -0.05) is 6.92 Å². The van der Waals surface area contributed by atoms with E-state index in [0.29, 0.717) is 5.82 Å². The molecule has 0 aromatic carbocycles. The SMILES string of the molecule is CCN(C(C)(C)C(=O)O)S(=O)(=O)c1cn(C)c(C)n1. The van der Waals surface area contributed by atoms with Crippen LogP contribution in [0.3, 0.4) is 0 Å². The molecule has 1 rings (SSSR count). The predicted octanol–water partition coefficient (Wildman–Crippen LogP) is 0.602. The van der Waals surface area contributed by atoms with Gasteiger partial charge in [0.15, 0.2) is 5.03 Å². The third-order valence-electron chi connectivity index (χ3n) is 3.08. The summed E-state index contributed by atoms with van der Waals surface area (Å²) < 4.78 is 27.4. The number of hydrogen-bond donors (Lipinski definition) is 1. The highest BCUT2D eigenvalue weighted by molar-refractivity contribution is 7.89. The van der Waals surface area contributed by atoms with Crippen molar-refractivity contribution >= 4 is 16.0 Å². The van der Waals surface area contributed by atoms with Gasteiger partial charge in [-0.05, 0) is 20.8 Å². The fraction of sp³-hybridized carbons (Fsp3) is 0.636. The monoisotopic (exact) mass is 289 g/mol. The molecule has 0 aliphatic carbocycles. The molecule has 0 saturated carbocycles. The van der Waals surface area contributed by atoms with Crippen LogP contribution in [0.5, 0.6) is 0 Å². The zero-order chi connectivity index (χ0) is 15.0. The van der Waals surface area contributed by atoms with Crippen LogP contribution < -0.4 is 0 Å². The summed E-state index contributed by atoms with van der Waals surface area (Å²) in [5.74, 6) is -0.659. The maximum Gasteiger partial charge on any atom is 0.324 e. The lowest BCUT2D eigenvalue weighted by molar-refractivity contribution is -0.146. The average molecular weight is 289 g/mol. The van der Waals surface area contributed by atoms with Gasteiger partial charge in [0.1, 0.15) is 11.4 Å². The van der Waals surface area contributed by atoms with Crippen molar-refractivity contribution in [3.8, 4) is 0 Å². The molecule has 0 radical (unpaired) electrons. The minimum atomic E-state index is -3.93. The van der Waals surface area contributed by atoms with Crippen molar-refractivity contribution in [2.45, 2.75) is 38.3 Å². The number of hydrogen-bond acceptors (Lipinski definition) is 4. The molecule has 0 atom stereocenters. The Labute approximate surface area is 112 Å². The fourth-order valence-electron chi connectivity index (χ4n) is 1.74. The van der Waals surface area contributed by atoms with E-state index in [2.05, 4.69) is 4.98 Å². The van der Waals surface area contributed by atoms with E-state index >= 15 is 0 Å². The summed E-state index contributed by atoms with van der Waals surface area (Å²) in [6.45, 7) is 6.03. The van der Waals surface area contributed by atoms with Gasteiger partial charge in [0.2, 0.25) is 0 Å². The second-order valence-electron chi connectivity index (χ2n) is 4.77. The van der Waals surface area contributed by atoms with Gasteiger partial charge in [0.25, 0.3) is 10.0 Å². The highest BCUT2D eigenvalue weighted by Gasteiger charge is 2.42. The first-order chi connectivity index (χ1) is 8.55. The van der Waals surface area contributed by atoms with E-state index in [1.165, 1.54) is 20.0 Å². The Balaban J connectivity index is 3.35. The van der Waals surface area contributed by atoms with Crippen molar-refractivity contribution in [2.75, 3.05) is 6.54 Å². The smallest absolute Gasteiger partial charge is 0.324 e. The number of aromatic nitrogens is 2. The molecule has 19 heavy (non-hydrogen) atoms. The minimum absolute atomic E-state index is 0.0528. The maximum absolute atomic E-state index is 12.5. The molecule has 0 spiro atoms. The molecule has 108 valence electrons. The average Bonchev–Trinajstić information content (AvgIpc) is 2.59. The molecule has 0 aliphatic rings. The molecule has 1 aromatic heterocycles. The molecule has 0 fully saturated rings. The van der Waals surface area contributed by atoms with Crippen LogP contribution in [-0.4, -0.2) is 45.4 Å². The predicted molar refractivity (Wildman–Crippen MR) is 69.2 cm³/mol. The molecular weight excluding hydrogens is 270 g/mol. The Morgan fingerprint density at radius 2 is 2.05 bits per heavy atom. The first-order valence-corrected chi connectivity index (χ1v) is 7.25. The molecule has 8 heteroatoms. The summed E-state index contributed by atoms with van der Waals surface area (Å²) in [6, 6.07) is 0. The van der Waals surface area contributed by atoms with Crippen LogP contribution in [0, 0.1) is 6.92 Å². The maximum atomic E-state index is 12.5. The van der Waals surface area contributed by atoms with Crippen molar-refractivity contribution < 1.29 is 18.3 Å². The number of imidazole rings is 1. The summed E-state index contributed by atoms with van der Waals surface area (Å²) in [6.07, 6.45) is 1.38. The minimum Gasteiger partial charge on any atom is -0.480 e. The van der Waals surface area contributed by atoms with Gasteiger partial charge in [-0.3, -0.25) is 4.79 Å². The van der Waals surface area contributed by atoms with Crippen LogP contribution >= 0.6 is 0 Å². The molecule has 0 aliphatic heterocycles. The highest BCUT2D eigenvalue weighted by atomic mass is 32.2. The fourth-order valence-corrected chi connectivity index (χ4v) is 3.52. The van der Waals surface area contributed by atoms with Gasteiger partial charge in [-0.2, -0.15) is 4.31 Å². The first-order valence-electron chi connectivity index (χ1n) is 5.81. The zero-order valence-corrected chi connectivity index (χ0v) is 12.5. The summed E-state index contributed by atoms with van der Waals surface area (Å²) in [4.78, 5) is 15.2. The lowest BCUT2D eigenvalue weighted by atomic mass is 10.1. The van der Waals surface area contributed by atoms with E-state index in [4.69, 9.17) is 0 Å². The molecule has 7 nitrogen and oxygen atoms in total. The Hall–Kier alpha value is -1.41. The van der Waals surface area contributed by atoms with Crippen LogP contribution in [-0.2, 0) is 21.9 Å². The van der Waals surface area contributed by atoms with Gasteiger partial charge in [0, 0.05) is 19.8 Å². The van der Waals surface area contributed by atoms with Crippen molar-refractivity contribution in [1.82, 2.24) is 13.9 Å². The highest BCUT2D eigenvalue weighted by Crippen LogP contribution is 2.24. The second kappa shape index (κ2) is 4.93. The van der Waals surface area contributed by atoms with E-state index in [1.54, 1.807) is 25.5 Å². The van der Waals surface area contributed by atoms with E-state index in [-0.39, 0.29) is 11.6 Å². The molecular formula is C11H19N3O4S. The molecule has 1 aromatic rings. The Kier molecular flexibility index (Phi) is 4.06. The summed E-state index contributed by atoms with van der Waals surface area (Å²) >= 11 is 0.